The second-order valence-corrected chi connectivity index (χ2v) is 8.74. The van der Waals surface area contributed by atoms with E-state index in [9.17, 15) is 40.7 Å². The second-order valence-electron chi connectivity index (χ2n) is 8.74. The molecular weight excluding hydrogens is 588 g/mol. The molecular formula is C28H19F6N3O6. The minimum absolute atomic E-state index is 0.00509. The van der Waals surface area contributed by atoms with E-state index in [0.717, 1.165) is 29.2 Å². The fourth-order valence-electron chi connectivity index (χ4n) is 3.83. The number of hydrogen-bond acceptors (Lipinski definition) is 6. The standard InChI is InChI=1S/C28H19F6N3O6/c29-27(30,31)42-20-9-1-16(2-10-20)15-22-26(41)37(19-7-3-18(4-8-19)25(40)35-14-13-23(38)39)24(36-22)17-5-11-21(12-6-17)43-28(32,33)34/h1-12,15H,13-14H2,(H,35,40)(H,38,39)/b22-15-. The first-order valence-electron chi connectivity index (χ1n) is 12.2. The smallest absolute Gasteiger partial charge is 0.481 e. The summed E-state index contributed by atoms with van der Waals surface area (Å²) in [5, 5.41) is 11.2. The number of rotatable bonds is 9. The van der Waals surface area contributed by atoms with Gasteiger partial charge in [-0.25, -0.2) is 4.99 Å². The van der Waals surface area contributed by atoms with Gasteiger partial charge in [0.05, 0.1) is 12.1 Å². The minimum atomic E-state index is -4.92. The molecule has 0 spiro atoms. The van der Waals surface area contributed by atoms with Crippen LogP contribution in [0, 0.1) is 0 Å². The molecule has 0 saturated carbocycles. The van der Waals surface area contributed by atoms with Gasteiger partial charge in [0.15, 0.2) is 0 Å². The maximum Gasteiger partial charge on any atom is 0.573 e. The van der Waals surface area contributed by atoms with Crippen molar-refractivity contribution in [3.63, 3.8) is 0 Å². The molecule has 1 heterocycles. The summed E-state index contributed by atoms with van der Waals surface area (Å²) in [5.41, 5.74) is 0.745. The van der Waals surface area contributed by atoms with Crippen molar-refractivity contribution in [1.82, 2.24) is 5.32 Å². The van der Waals surface area contributed by atoms with Crippen molar-refractivity contribution >= 4 is 35.4 Å². The highest BCUT2D eigenvalue weighted by atomic mass is 19.4. The average molecular weight is 607 g/mol. The summed E-state index contributed by atoms with van der Waals surface area (Å²) in [6.45, 7) is -0.108. The normalized spacial score (nSPS) is 14.5. The number of carboxylic acid groups (broad SMARTS) is 1. The Bertz CT molecular complexity index is 1560. The number of carboxylic acids is 1. The Labute approximate surface area is 238 Å². The second kappa shape index (κ2) is 12.3. The Morgan fingerprint density at radius 1 is 0.837 bits per heavy atom. The fourth-order valence-corrected chi connectivity index (χ4v) is 3.83. The van der Waals surface area contributed by atoms with Crippen molar-refractivity contribution in [3.05, 3.63) is 95.2 Å². The van der Waals surface area contributed by atoms with Crippen LogP contribution in [-0.2, 0) is 9.59 Å². The predicted molar refractivity (Wildman–Crippen MR) is 139 cm³/mol. The number of alkyl halides is 6. The van der Waals surface area contributed by atoms with E-state index in [2.05, 4.69) is 19.8 Å². The van der Waals surface area contributed by atoms with Gasteiger partial charge in [-0.05, 0) is 72.3 Å². The average Bonchev–Trinajstić information content (AvgIpc) is 3.23. The first-order valence-corrected chi connectivity index (χ1v) is 12.2. The van der Waals surface area contributed by atoms with Crippen LogP contribution in [0.1, 0.15) is 27.9 Å². The molecule has 0 aliphatic carbocycles. The third-order valence-corrected chi connectivity index (χ3v) is 5.64. The van der Waals surface area contributed by atoms with E-state index in [1.807, 2.05) is 0 Å². The lowest BCUT2D eigenvalue weighted by Gasteiger charge is -2.19. The van der Waals surface area contributed by atoms with Gasteiger partial charge in [0.25, 0.3) is 11.8 Å². The number of nitrogens with one attached hydrogen (secondary N) is 1. The van der Waals surface area contributed by atoms with Crippen LogP contribution in [-0.4, -0.2) is 48.0 Å². The lowest BCUT2D eigenvalue weighted by molar-refractivity contribution is -0.275. The van der Waals surface area contributed by atoms with Gasteiger partial charge in [-0.15, -0.1) is 26.3 Å². The van der Waals surface area contributed by atoms with Crippen LogP contribution in [0.25, 0.3) is 6.08 Å². The van der Waals surface area contributed by atoms with Crippen molar-refractivity contribution in [2.24, 2.45) is 4.99 Å². The zero-order valence-corrected chi connectivity index (χ0v) is 21.6. The number of carbonyl (C=O) groups is 3. The van der Waals surface area contributed by atoms with Crippen LogP contribution in [0.15, 0.2) is 83.5 Å². The summed E-state index contributed by atoms with van der Waals surface area (Å²) in [7, 11) is 0. The molecule has 0 saturated heterocycles. The van der Waals surface area contributed by atoms with Gasteiger partial charge in [-0.2, -0.15) is 0 Å². The summed E-state index contributed by atoms with van der Waals surface area (Å²) < 4.78 is 83.0. The molecule has 0 radical (unpaired) electrons. The SMILES string of the molecule is O=C(O)CCNC(=O)c1ccc(N2C(=O)/C(=C/c3ccc(OC(F)(F)F)cc3)N=C2c2ccc(OC(F)(F)F)cc2)cc1. The molecule has 0 fully saturated rings. The minimum Gasteiger partial charge on any atom is -0.481 e. The Morgan fingerprint density at radius 3 is 1.88 bits per heavy atom. The number of aliphatic imine (C=N–C) groups is 1. The highest BCUT2D eigenvalue weighted by Gasteiger charge is 2.34. The van der Waals surface area contributed by atoms with E-state index >= 15 is 0 Å². The van der Waals surface area contributed by atoms with Gasteiger partial charge < -0.3 is 19.9 Å². The zero-order valence-electron chi connectivity index (χ0n) is 21.6. The van der Waals surface area contributed by atoms with Crippen molar-refractivity contribution in [3.8, 4) is 11.5 Å². The number of carbonyl (C=O) groups excluding carboxylic acids is 2. The van der Waals surface area contributed by atoms with Crippen LogP contribution >= 0.6 is 0 Å². The van der Waals surface area contributed by atoms with Gasteiger partial charge in [0.1, 0.15) is 23.0 Å². The Kier molecular flexibility index (Phi) is 8.73. The first-order chi connectivity index (χ1) is 20.2. The van der Waals surface area contributed by atoms with Crippen LogP contribution in [0.3, 0.4) is 0 Å². The molecule has 9 nitrogen and oxygen atoms in total. The Morgan fingerprint density at radius 2 is 1.37 bits per heavy atom. The topological polar surface area (TPSA) is 118 Å². The molecule has 15 heteroatoms. The largest absolute Gasteiger partial charge is 0.573 e. The quantitative estimate of drug-likeness (QED) is 0.244. The van der Waals surface area contributed by atoms with E-state index in [1.165, 1.54) is 54.6 Å². The number of halogens is 6. The van der Waals surface area contributed by atoms with Gasteiger partial charge in [0.2, 0.25) is 0 Å². The molecule has 0 atom stereocenters. The van der Waals surface area contributed by atoms with Crippen molar-refractivity contribution in [1.29, 1.82) is 0 Å². The zero-order chi connectivity index (χ0) is 31.4. The van der Waals surface area contributed by atoms with E-state index in [4.69, 9.17) is 5.11 Å². The summed E-state index contributed by atoms with van der Waals surface area (Å²) in [6.07, 6.45) is -8.81. The Balaban J connectivity index is 1.65. The molecule has 1 aliphatic rings. The number of aliphatic carboxylic acids is 1. The predicted octanol–water partition coefficient (Wildman–Crippen LogP) is 5.52. The van der Waals surface area contributed by atoms with E-state index in [0.29, 0.717) is 5.56 Å². The molecule has 224 valence electrons. The molecule has 2 N–H and O–H groups in total. The van der Waals surface area contributed by atoms with Gasteiger partial charge >= 0.3 is 18.7 Å². The number of hydrogen-bond donors (Lipinski definition) is 2. The monoisotopic (exact) mass is 607 g/mol. The Hall–Kier alpha value is -5.34. The highest BCUT2D eigenvalue weighted by molar-refractivity contribution is 6.33. The van der Waals surface area contributed by atoms with Crippen LogP contribution in [0.5, 0.6) is 11.5 Å². The number of amides is 2. The fraction of sp³-hybridized carbons (Fsp3) is 0.143. The van der Waals surface area contributed by atoms with E-state index in [1.54, 1.807) is 0 Å². The van der Waals surface area contributed by atoms with Crippen LogP contribution in [0.4, 0.5) is 32.0 Å². The number of anilines is 1. The molecule has 4 rings (SSSR count). The first kappa shape index (κ1) is 30.6. The number of benzene rings is 3. The van der Waals surface area contributed by atoms with Crippen LogP contribution < -0.4 is 19.7 Å². The summed E-state index contributed by atoms with van der Waals surface area (Å²) in [6, 6.07) is 14.7. The van der Waals surface area contributed by atoms with Gasteiger partial charge in [-0.1, -0.05) is 12.1 Å². The summed E-state index contributed by atoms with van der Waals surface area (Å²) >= 11 is 0. The van der Waals surface area contributed by atoms with Crippen molar-refractivity contribution in [2.75, 3.05) is 11.4 Å². The molecule has 0 bridgehead atoms. The molecule has 43 heavy (non-hydrogen) atoms. The summed E-state index contributed by atoms with van der Waals surface area (Å²) in [4.78, 5) is 41.9. The lowest BCUT2D eigenvalue weighted by Crippen LogP contribution is -2.32. The third kappa shape index (κ3) is 8.34. The van der Waals surface area contributed by atoms with E-state index in [-0.39, 0.29) is 41.3 Å². The molecule has 0 aromatic heterocycles. The number of amidine groups is 1. The van der Waals surface area contributed by atoms with E-state index < -0.39 is 42.0 Å². The van der Waals surface area contributed by atoms with Gasteiger partial charge in [0, 0.05) is 17.7 Å². The van der Waals surface area contributed by atoms with Crippen molar-refractivity contribution in [2.45, 2.75) is 19.1 Å². The number of nitrogens with zero attached hydrogens (tertiary/aromatic N) is 2. The summed E-state index contributed by atoms with van der Waals surface area (Å²) in [5.74, 6) is -3.32. The third-order valence-electron chi connectivity index (χ3n) is 5.64. The van der Waals surface area contributed by atoms with Gasteiger partial charge in [-0.3, -0.25) is 19.3 Å². The maximum absolute atomic E-state index is 13.5. The molecule has 1 aliphatic heterocycles. The highest BCUT2D eigenvalue weighted by Crippen LogP contribution is 2.30. The molecule has 2 amide bonds. The van der Waals surface area contributed by atoms with Crippen molar-refractivity contribution < 1.29 is 55.3 Å². The molecule has 3 aromatic carbocycles. The lowest BCUT2D eigenvalue weighted by atomic mass is 10.1. The van der Waals surface area contributed by atoms with Crippen LogP contribution in [0.2, 0.25) is 0 Å². The molecule has 0 unspecified atom stereocenters. The molecule has 3 aromatic rings. The maximum atomic E-state index is 13.5. The number of ether oxygens (including phenoxy) is 2.